The van der Waals surface area contributed by atoms with Crippen LogP contribution in [0.2, 0.25) is 0 Å². The first-order chi connectivity index (χ1) is 20.6. The fourth-order valence-electron chi connectivity index (χ4n) is 5.70. The summed E-state index contributed by atoms with van der Waals surface area (Å²) in [5, 5.41) is 21.2. The summed E-state index contributed by atoms with van der Waals surface area (Å²) in [5.74, 6) is -0.224. The molecule has 1 saturated carbocycles. The molecule has 0 bridgehead atoms. The van der Waals surface area contributed by atoms with E-state index >= 15 is 0 Å². The van der Waals surface area contributed by atoms with Crippen molar-refractivity contribution in [2.75, 3.05) is 22.9 Å². The molecule has 45 heavy (non-hydrogen) atoms. The van der Waals surface area contributed by atoms with Crippen LogP contribution >= 0.6 is 28.3 Å². The number of carboxylic acid groups (broad SMARTS) is 1. The number of halogens is 8. The van der Waals surface area contributed by atoms with Crippen molar-refractivity contribution in [3.05, 3.63) is 63.1 Å². The monoisotopic (exact) mass is 726 g/mol. The van der Waals surface area contributed by atoms with Crippen LogP contribution < -0.4 is 9.80 Å². The molecule has 248 valence electrons. The third-order valence-corrected chi connectivity index (χ3v) is 8.33. The van der Waals surface area contributed by atoms with E-state index in [4.69, 9.17) is 5.11 Å². The number of hydrogen-bond donors (Lipinski definition) is 1. The van der Waals surface area contributed by atoms with Crippen LogP contribution in [0.3, 0.4) is 0 Å². The van der Waals surface area contributed by atoms with Crippen molar-refractivity contribution < 1.29 is 36.2 Å². The van der Waals surface area contributed by atoms with Gasteiger partial charge in [-0.05, 0) is 97.2 Å². The van der Waals surface area contributed by atoms with Gasteiger partial charge in [0.25, 0.3) is 5.95 Å². The smallest absolute Gasteiger partial charge is 0.416 e. The van der Waals surface area contributed by atoms with Crippen molar-refractivity contribution in [2.45, 2.75) is 64.5 Å². The maximum absolute atomic E-state index is 13.6. The molecule has 1 heterocycles. The van der Waals surface area contributed by atoms with E-state index in [2.05, 4.69) is 36.2 Å². The number of aliphatic carboxylic acids is 1. The first kappa shape index (κ1) is 36.4. The molecule has 3 aromatic rings. The normalized spacial score (nSPS) is 17.1. The van der Waals surface area contributed by atoms with Crippen molar-refractivity contribution in [1.82, 2.24) is 20.2 Å². The van der Waals surface area contributed by atoms with Crippen LogP contribution in [-0.4, -0.2) is 44.4 Å². The zero-order chi connectivity index (χ0) is 32.2. The molecule has 0 spiro atoms. The molecule has 1 aromatic heterocycles. The largest absolute Gasteiger partial charge is 0.481 e. The van der Waals surface area contributed by atoms with E-state index in [0.29, 0.717) is 24.6 Å². The van der Waals surface area contributed by atoms with Gasteiger partial charge in [0.05, 0.1) is 18.2 Å². The maximum atomic E-state index is 13.6. The molecule has 0 amide bonds. The Labute approximate surface area is 271 Å². The highest BCUT2D eigenvalue weighted by Gasteiger charge is 2.37. The molecule has 0 radical (unpaired) electrons. The number of nitrogens with zero attached hydrogens (tertiary/aromatic N) is 6. The summed E-state index contributed by atoms with van der Waals surface area (Å²) in [5.41, 5.74) is -1.38. The van der Waals surface area contributed by atoms with Gasteiger partial charge in [0.1, 0.15) is 0 Å². The summed E-state index contributed by atoms with van der Waals surface area (Å²) in [6.45, 7) is 3.10. The van der Waals surface area contributed by atoms with Crippen molar-refractivity contribution in [1.29, 1.82) is 0 Å². The van der Waals surface area contributed by atoms with Gasteiger partial charge >= 0.3 is 18.3 Å². The second-order valence-corrected chi connectivity index (χ2v) is 12.1. The summed E-state index contributed by atoms with van der Waals surface area (Å²) in [7, 11) is 1.51. The molecule has 0 saturated heterocycles. The summed E-state index contributed by atoms with van der Waals surface area (Å²) in [4.78, 5) is 16.0. The molecular formula is C29H34BrClF6N6O2. The Kier molecular flexibility index (Phi) is 12.1. The molecule has 8 nitrogen and oxygen atoms in total. The Hall–Kier alpha value is -3.07. The van der Waals surface area contributed by atoms with Crippen molar-refractivity contribution in [3.63, 3.8) is 0 Å². The maximum Gasteiger partial charge on any atom is 0.416 e. The molecule has 2 aromatic carbocycles. The number of carboxylic acids is 1. The first-order valence-corrected chi connectivity index (χ1v) is 14.9. The fourth-order valence-corrected chi connectivity index (χ4v) is 6.11. The Balaban J connectivity index is 0.00000552. The zero-order valence-corrected chi connectivity index (χ0v) is 27.0. The van der Waals surface area contributed by atoms with Gasteiger partial charge < -0.3 is 14.9 Å². The van der Waals surface area contributed by atoms with E-state index in [1.165, 1.54) is 11.9 Å². The van der Waals surface area contributed by atoms with Crippen molar-refractivity contribution in [3.8, 4) is 0 Å². The molecule has 0 aliphatic heterocycles. The third-order valence-electron chi connectivity index (χ3n) is 7.83. The number of rotatable bonds is 11. The lowest BCUT2D eigenvalue weighted by molar-refractivity contribution is -0.143. The Morgan fingerprint density at radius 3 is 2.07 bits per heavy atom. The fraction of sp³-hybridized carbons (Fsp3) is 0.517. The van der Waals surface area contributed by atoms with E-state index in [-0.39, 0.29) is 55.4 Å². The number of anilines is 2. The standard InChI is InChI=1S/C29H33BrF6N6O2.ClH/c1-3-41(15-19-6-4-18(5-7-19)12-26(43)44)25-9-8-24(30)13-21(25)17-42(27-37-39-40(2)38-27)16-20-10-22(28(31,32)33)14-23(11-20)29(34,35)36;/h8-11,13-14,18-19H,3-7,12,15-17H2,1-2H3,(H,43,44);1H/t18-,19-;. The van der Waals surface area contributed by atoms with Gasteiger partial charge in [-0.15, -0.1) is 17.5 Å². The summed E-state index contributed by atoms with van der Waals surface area (Å²) in [6, 6.07) is 7.18. The minimum atomic E-state index is -4.97. The van der Waals surface area contributed by atoms with Crippen LogP contribution in [0.4, 0.5) is 38.0 Å². The number of alkyl halides is 6. The molecule has 0 atom stereocenters. The molecule has 1 aliphatic carbocycles. The predicted molar refractivity (Wildman–Crippen MR) is 162 cm³/mol. The van der Waals surface area contributed by atoms with Gasteiger partial charge in [0.2, 0.25) is 0 Å². The van der Waals surface area contributed by atoms with Crippen molar-refractivity contribution in [2.24, 2.45) is 18.9 Å². The molecule has 1 aliphatic rings. The lowest BCUT2D eigenvalue weighted by Crippen LogP contribution is -2.33. The summed E-state index contributed by atoms with van der Waals surface area (Å²) >= 11 is 3.49. The van der Waals surface area contributed by atoms with Crippen molar-refractivity contribution >= 4 is 45.9 Å². The van der Waals surface area contributed by atoms with E-state index in [1.807, 2.05) is 25.1 Å². The number of benzene rings is 2. The molecule has 4 rings (SSSR count). The van der Waals surface area contributed by atoms with Crippen LogP contribution in [0.1, 0.15) is 61.3 Å². The highest BCUT2D eigenvalue weighted by Crippen LogP contribution is 2.38. The topological polar surface area (TPSA) is 87.4 Å². The molecule has 0 unspecified atom stereocenters. The van der Waals surface area contributed by atoms with Crippen LogP contribution in [0.15, 0.2) is 40.9 Å². The quantitative estimate of drug-likeness (QED) is 0.202. The molecular weight excluding hydrogens is 694 g/mol. The third kappa shape index (κ3) is 9.96. The minimum Gasteiger partial charge on any atom is -0.481 e. The average molecular weight is 728 g/mol. The number of carbonyl (C=O) groups is 1. The van der Waals surface area contributed by atoms with Gasteiger partial charge in [0, 0.05) is 42.8 Å². The SMILES string of the molecule is CCN(C[C@H]1CC[C@H](CC(=O)O)CC1)c1ccc(Br)cc1CN(Cc1cc(C(F)(F)F)cc(C(F)(F)F)c1)c1nnn(C)n1.Cl. The van der Waals surface area contributed by atoms with E-state index < -0.39 is 29.4 Å². The van der Waals surface area contributed by atoms with E-state index in [1.54, 1.807) is 0 Å². The predicted octanol–water partition coefficient (Wildman–Crippen LogP) is 7.75. The van der Waals surface area contributed by atoms with Gasteiger partial charge in [-0.2, -0.15) is 31.1 Å². The Morgan fingerprint density at radius 2 is 1.56 bits per heavy atom. The van der Waals surface area contributed by atoms with E-state index in [9.17, 15) is 31.1 Å². The average Bonchev–Trinajstić information content (AvgIpc) is 3.37. The van der Waals surface area contributed by atoms with Gasteiger partial charge in [-0.25, -0.2) is 0 Å². The second-order valence-electron chi connectivity index (χ2n) is 11.1. The van der Waals surface area contributed by atoms with E-state index in [0.717, 1.165) is 52.7 Å². The van der Waals surface area contributed by atoms with Crippen LogP contribution in [-0.2, 0) is 37.3 Å². The summed E-state index contributed by atoms with van der Waals surface area (Å²) in [6.07, 6.45) is -6.31. The van der Waals surface area contributed by atoms with Gasteiger partial charge in [0.15, 0.2) is 0 Å². The molecule has 1 N–H and O–H groups in total. The minimum absolute atomic E-state index is 0. The molecule has 1 fully saturated rings. The van der Waals surface area contributed by atoms with Crippen LogP contribution in [0, 0.1) is 11.8 Å². The molecule has 16 heteroatoms. The summed E-state index contributed by atoms with van der Waals surface area (Å²) < 4.78 is 82.3. The van der Waals surface area contributed by atoms with Gasteiger partial charge in [-0.1, -0.05) is 21.0 Å². The lowest BCUT2D eigenvalue weighted by Gasteiger charge is -2.34. The Bertz CT molecular complexity index is 1410. The van der Waals surface area contributed by atoms with Crippen LogP contribution in [0.25, 0.3) is 0 Å². The van der Waals surface area contributed by atoms with Gasteiger partial charge in [-0.3, -0.25) is 4.79 Å². The number of aromatic nitrogens is 4. The van der Waals surface area contributed by atoms with Crippen LogP contribution in [0.5, 0.6) is 0 Å². The lowest BCUT2D eigenvalue weighted by atomic mass is 9.80. The Morgan fingerprint density at radius 1 is 0.956 bits per heavy atom. The first-order valence-electron chi connectivity index (χ1n) is 14.1. The number of hydrogen-bond acceptors (Lipinski definition) is 6. The zero-order valence-electron chi connectivity index (χ0n) is 24.6. The highest BCUT2D eigenvalue weighted by atomic mass is 79.9. The second kappa shape index (κ2) is 15.0. The number of aryl methyl sites for hydroxylation is 1. The number of tetrazole rings is 1. The highest BCUT2D eigenvalue weighted by molar-refractivity contribution is 9.10.